The molecule has 1 aromatic carbocycles. The lowest BCUT2D eigenvalue weighted by molar-refractivity contribution is -0.146. The molecule has 0 amide bonds. The summed E-state index contributed by atoms with van der Waals surface area (Å²) >= 11 is 0. The molecule has 1 atom stereocenters. The fourth-order valence-electron chi connectivity index (χ4n) is 2.39. The smallest absolute Gasteiger partial charge is 0.310 e. The Bertz CT molecular complexity index is 674. The molecule has 1 saturated heterocycles. The molecular formula is C14H18FNO4S. The van der Waals surface area contributed by atoms with Crippen molar-refractivity contribution >= 4 is 16.0 Å². The molecule has 1 unspecified atom stereocenters. The average molecular weight is 315 g/mol. The van der Waals surface area contributed by atoms with Crippen molar-refractivity contribution in [1.82, 2.24) is 4.31 Å². The highest BCUT2D eigenvalue weighted by atomic mass is 32.2. The van der Waals surface area contributed by atoms with Crippen molar-refractivity contribution in [3.05, 3.63) is 35.1 Å². The largest absolute Gasteiger partial charge is 0.481 e. The maximum Gasteiger partial charge on any atom is 0.310 e. The second kappa shape index (κ2) is 5.38. The zero-order valence-corrected chi connectivity index (χ0v) is 12.8. The number of sulfonamides is 1. The Kier molecular flexibility index (Phi) is 4.08. The van der Waals surface area contributed by atoms with E-state index in [1.807, 2.05) is 0 Å². The Morgan fingerprint density at radius 1 is 1.48 bits per heavy atom. The molecule has 1 heterocycles. The van der Waals surface area contributed by atoms with Crippen LogP contribution in [0.4, 0.5) is 4.39 Å². The van der Waals surface area contributed by atoms with Crippen molar-refractivity contribution in [2.45, 2.75) is 26.0 Å². The molecule has 1 aliphatic rings. The van der Waals surface area contributed by atoms with Crippen LogP contribution in [0.1, 0.15) is 24.5 Å². The summed E-state index contributed by atoms with van der Waals surface area (Å²) < 4.78 is 39.5. The summed E-state index contributed by atoms with van der Waals surface area (Å²) in [4.78, 5) is 11.2. The third-order valence-corrected chi connectivity index (χ3v) is 5.67. The first kappa shape index (κ1) is 15.9. The van der Waals surface area contributed by atoms with E-state index in [9.17, 15) is 17.6 Å². The normalized spacial score (nSPS) is 23.4. The van der Waals surface area contributed by atoms with E-state index in [-0.39, 0.29) is 25.1 Å². The van der Waals surface area contributed by atoms with Gasteiger partial charge >= 0.3 is 5.97 Å². The Hall–Kier alpha value is -1.47. The van der Waals surface area contributed by atoms with E-state index in [0.29, 0.717) is 5.56 Å². The van der Waals surface area contributed by atoms with Crippen LogP contribution in [-0.2, 0) is 20.6 Å². The van der Waals surface area contributed by atoms with E-state index in [1.165, 1.54) is 19.1 Å². The van der Waals surface area contributed by atoms with Crippen LogP contribution in [-0.4, -0.2) is 36.9 Å². The van der Waals surface area contributed by atoms with Gasteiger partial charge in [-0.2, -0.15) is 0 Å². The van der Waals surface area contributed by atoms with Crippen molar-refractivity contribution in [2.24, 2.45) is 5.41 Å². The number of carbonyl (C=O) groups is 1. The summed E-state index contributed by atoms with van der Waals surface area (Å²) in [5.41, 5.74) is -0.253. The van der Waals surface area contributed by atoms with Crippen LogP contribution in [0.25, 0.3) is 0 Å². The molecule has 0 aromatic heterocycles. The first-order valence-electron chi connectivity index (χ1n) is 6.60. The molecule has 1 fully saturated rings. The number of aryl methyl sites for hydroxylation is 1. The van der Waals surface area contributed by atoms with E-state index >= 15 is 0 Å². The van der Waals surface area contributed by atoms with Gasteiger partial charge in [-0.3, -0.25) is 4.79 Å². The number of halogens is 1. The molecule has 21 heavy (non-hydrogen) atoms. The highest BCUT2D eigenvalue weighted by molar-refractivity contribution is 7.88. The lowest BCUT2D eigenvalue weighted by Crippen LogP contribution is -2.35. The number of nitrogens with zero attached hydrogens (tertiary/aromatic N) is 1. The van der Waals surface area contributed by atoms with Gasteiger partial charge in [0.25, 0.3) is 0 Å². The highest BCUT2D eigenvalue weighted by Crippen LogP contribution is 2.32. The third kappa shape index (κ3) is 3.24. The molecule has 2 rings (SSSR count). The van der Waals surface area contributed by atoms with Gasteiger partial charge in [0, 0.05) is 18.7 Å². The summed E-state index contributed by atoms with van der Waals surface area (Å²) in [6, 6.07) is 4.39. The SMILES string of the molecule is Cc1ccc(CS(=O)(=O)N2CCC(C)(C(=O)O)C2)c(F)c1. The Morgan fingerprint density at radius 3 is 2.67 bits per heavy atom. The third-order valence-electron chi connectivity index (χ3n) is 3.89. The van der Waals surface area contributed by atoms with Crippen LogP contribution in [0.3, 0.4) is 0 Å². The van der Waals surface area contributed by atoms with Gasteiger partial charge in [0.2, 0.25) is 10.0 Å². The first-order valence-corrected chi connectivity index (χ1v) is 8.21. The van der Waals surface area contributed by atoms with Crippen LogP contribution in [0.5, 0.6) is 0 Å². The van der Waals surface area contributed by atoms with Gasteiger partial charge in [0.15, 0.2) is 0 Å². The summed E-state index contributed by atoms with van der Waals surface area (Å²) in [5, 5.41) is 9.14. The number of carboxylic acid groups (broad SMARTS) is 1. The van der Waals surface area contributed by atoms with Crippen molar-refractivity contribution in [3.8, 4) is 0 Å². The fraction of sp³-hybridized carbons (Fsp3) is 0.500. The lowest BCUT2D eigenvalue weighted by atomic mass is 9.90. The minimum Gasteiger partial charge on any atom is -0.481 e. The molecule has 0 bridgehead atoms. The van der Waals surface area contributed by atoms with Crippen molar-refractivity contribution in [3.63, 3.8) is 0 Å². The first-order chi connectivity index (χ1) is 9.64. The average Bonchev–Trinajstić information content (AvgIpc) is 2.78. The van der Waals surface area contributed by atoms with Gasteiger partial charge in [0.1, 0.15) is 5.82 Å². The predicted molar refractivity (Wildman–Crippen MR) is 75.7 cm³/mol. The van der Waals surface area contributed by atoms with E-state index in [0.717, 1.165) is 4.31 Å². The van der Waals surface area contributed by atoms with E-state index in [1.54, 1.807) is 13.0 Å². The van der Waals surface area contributed by atoms with Crippen LogP contribution >= 0.6 is 0 Å². The van der Waals surface area contributed by atoms with Crippen molar-refractivity contribution in [1.29, 1.82) is 0 Å². The summed E-state index contributed by atoms with van der Waals surface area (Å²) in [5.74, 6) is -2.02. The zero-order valence-electron chi connectivity index (χ0n) is 12.0. The monoisotopic (exact) mass is 315 g/mol. The van der Waals surface area contributed by atoms with E-state index in [2.05, 4.69) is 0 Å². The van der Waals surface area contributed by atoms with Crippen LogP contribution in [0.15, 0.2) is 18.2 Å². The Labute approximate surface area is 123 Å². The van der Waals surface area contributed by atoms with Crippen molar-refractivity contribution < 1.29 is 22.7 Å². The second-order valence-corrected chi connectivity index (χ2v) is 7.77. The molecule has 7 heteroatoms. The van der Waals surface area contributed by atoms with E-state index < -0.39 is 33.0 Å². The molecule has 0 radical (unpaired) electrons. The number of hydrogen-bond donors (Lipinski definition) is 1. The maximum absolute atomic E-state index is 13.8. The molecular weight excluding hydrogens is 297 g/mol. The van der Waals surface area contributed by atoms with Gasteiger partial charge in [0.05, 0.1) is 11.2 Å². The lowest BCUT2D eigenvalue weighted by Gasteiger charge is -2.20. The standard InChI is InChI=1S/C14H18FNO4S/c1-10-3-4-11(12(15)7-10)8-21(19,20)16-6-5-14(2,9-16)13(17)18/h3-4,7H,5-6,8-9H2,1-2H3,(H,17,18). The second-order valence-electron chi connectivity index (χ2n) is 5.80. The molecule has 5 nitrogen and oxygen atoms in total. The molecule has 0 spiro atoms. The van der Waals surface area contributed by atoms with Gasteiger partial charge in [-0.1, -0.05) is 12.1 Å². The van der Waals surface area contributed by atoms with Gasteiger partial charge < -0.3 is 5.11 Å². The zero-order chi connectivity index (χ0) is 15.8. The van der Waals surface area contributed by atoms with E-state index in [4.69, 9.17) is 5.11 Å². The Morgan fingerprint density at radius 2 is 2.14 bits per heavy atom. The number of carboxylic acids is 1. The molecule has 0 saturated carbocycles. The number of aliphatic carboxylic acids is 1. The minimum atomic E-state index is -3.72. The summed E-state index contributed by atoms with van der Waals surface area (Å²) in [6.45, 7) is 3.33. The summed E-state index contributed by atoms with van der Waals surface area (Å²) in [7, 11) is -3.72. The fourth-order valence-corrected chi connectivity index (χ4v) is 4.05. The van der Waals surface area contributed by atoms with Gasteiger partial charge in [-0.25, -0.2) is 17.1 Å². The van der Waals surface area contributed by atoms with Gasteiger partial charge in [-0.15, -0.1) is 0 Å². The van der Waals surface area contributed by atoms with Crippen LogP contribution < -0.4 is 0 Å². The maximum atomic E-state index is 13.8. The van der Waals surface area contributed by atoms with Crippen molar-refractivity contribution in [2.75, 3.05) is 13.1 Å². The minimum absolute atomic E-state index is 0.0713. The number of hydrogen-bond acceptors (Lipinski definition) is 3. The van der Waals surface area contributed by atoms with Crippen LogP contribution in [0.2, 0.25) is 0 Å². The Balaban J connectivity index is 2.18. The quantitative estimate of drug-likeness (QED) is 0.919. The topological polar surface area (TPSA) is 74.7 Å². The highest BCUT2D eigenvalue weighted by Gasteiger charge is 2.44. The number of rotatable bonds is 4. The number of benzene rings is 1. The van der Waals surface area contributed by atoms with Gasteiger partial charge in [-0.05, 0) is 31.9 Å². The molecule has 1 N–H and O–H groups in total. The van der Waals surface area contributed by atoms with Crippen LogP contribution in [0, 0.1) is 18.2 Å². The molecule has 1 aromatic rings. The molecule has 116 valence electrons. The summed E-state index contributed by atoms with van der Waals surface area (Å²) in [6.07, 6.45) is 0.262. The molecule has 0 aliphatic carbocycles. The predicted octanol–water partition coefficient (Wildman–Crippen LogP) is 1.76. The molecule has 1 aliphatic heterocycles.